The molecule has 0 aliphatic rings. The molecule has 2 rings (SSSR count). The maximum atomic E-state index is 13.3. The topological polar surface area (TPSA) is 142 Å². The number of rotatable bonds is 9. The van der Waals surface area contributed by atoms with Crippen LogP contribution in [-0.2, 0) is 10.7 Å². The third kappa shape index (κ3) is 6.01. The highest BCUT2D eigenvalue weighted by Gasteiger charge is 2.16. The second-order valence-electron chi connectivity index (χ2n) is 4.90. The van der Waals surface area contributed by atoms with Crippen LogP contribution in [0.3, 0.4) is 0 Å². The van der Waals surface area contributed by atoms with Gasteiger partial charge >= 0.3 is 0 Å². The minimum atomic E-state index is -2.45. The summed E-state index contributed by atoms with van der Waals surface area (Å²) in [6.07, 6.45) is 0.611. The molecule has 4 N–H and O–H groups in total. The normalized spacial score (nSPS) is 11.8. The fraction of sp³-hybridized carbons (Fsp3) is 0.308. The molecule has 1 aromatic carbocycles. The lowest BCUT2D eigenvalue weighted by Gasteiger charge is -2.06. The predicted molar refractivity (Wildman–Crippen MR) is 95.8 cm³/mol. The van der Waals surface area contributed by atoms with Crippen LogP contribution in [0.4, 0.5) is 15.9 Å². The van der Waals surface area contributed by atoms with Gasteiger partial charge in [0.2, 0.25) is 5.82 Å². The van der Waals surface area contributed by atoms with E-state index in [1.165, 1.54) is 18.2 Å². The molecular formula is C13H16BrFN6O4S. The fourth-order valence-corrected chi connectivity index (χ4v) is 2.57. The molecule has 0 saturated heterocycles. The highest BCUT2D eigenvalue weighted by molar-refractivity contribution is 9.10. The Morgan fingerprint density at radius 2 is 2.15 bits per heavy atom. The van der Waals surface area contributed by atoms with E-state index in [1.54, 1.807) is 0 Å². The zero-order valence-corrected chi connectivity index (χ0v) is 15.8. The maximum Gasteiger partial charge on any atom is 0.202 e. The second-order valence-corrected chi connectivity index (χ2v) is 6.74. The van der Waals surface area contributed by atoms with Crippen molar-refractivity contribution in [2.24, 2.45) is 4.99 Å². The summed E-state index contributed by atoms with van der Waals surface area (Å²) in [7, 11) is -2.45. The zero-order chi connectivity index (χ0) is 18.9. The Hall–Kier alpha value is -2.09. The third-order valence-electron chi connectivity index (χ3n) is 3.03. The first-order chi connectivity index (χ1) is 12.5. The number of halogens is 2. The smallest absolute Gasteiger partial charge is 0.202 e. The molecule has 0 spiro atoms. The van der Waals surface area contributed by atoms with Gasteiger partial charge in [-0.3, -0.25) is 10.7 Å². The van der Waals surface area contributed by atoms with Gasteiger partial charge in [0.1, 0.15) is 5.82 Å². The van der Waals surface area contributed by atoms with Crippen molar-refractivity contribution in [1.82, 2.24) is 21.1 Å². The molecule has 0 saturated carbocycles. The lowest BCUT2D eigenvalue weighted by atomic mass is 10.3. The Bertz CT molecular complexity index is 836. The van der Waals surface area contributed by atoms with Crippen molar-refractivity contribution in [3.63, 3.8) is 0 Å². The molecular weight excluding hydrogens is 435 g/mol. The summed E-state index contributed by atoms with van der Waals surface area (Å²) >= 11 is 3.05. The van der Waals surface area contributed by atoms with E-state index in [-0.39, 0.29) is 27.7 Å². The largest absolute Gasteiger partial charge is 0.365 e. The molecule has 2 aromatic rings. The highest BCUT2D eigenvalue weighted by Crippen LogP contribution is 2.23. The standard InChI is InChI=1S/C13H16BrFN6O4S/c14-9-6-8(2-3-10(9)15)18-13(19-22)11-12(21-25-20-11)17-5-1-4-16-7-26(23)24/h2-3,6,16,22,26H,1,4-5,7H2,(H,17,21)(H,18,19). The van der Waals surface area contributed by atoms with Gasteiger partial charge in [0, 0.05) is 6.54 Å². The summed E-state index contributed by atoms with van der Waals surface area (Å²) in [5.41, 5.74) is 2.40. The third-order valence-corrected chi connectivity index (χ3v) is 4.12. The summed E-state index contributed by atoms with van der Waals surface area (Å²) in [6, 6.07) is 4.07. The number of aromatic nitrogens is 2. The van der Waals surface area contributed by atoms with Gasteiger partial charge in [0.25, 0.3) is 0 Å². The van der Waals surface area contributed by atoms with Crippen molar-refractivity contribution >= 4 is 44.0 Å². The van der Waals surface area contributed by atoms with Gasteiger partial charge in [-0.1, -0.05) is 0 Å². The van der Waals surface area contributed by atoms with Gasteiger partial charge in [-0.2, -0.15) is 0 Å². The Morgan fingerprint density at radius 3 is 2.85 bits per heavy atom. The molecule has 0 amide bonds. The molecule has 0 atom stereocenters. The van der Waals surface area contributed by atoms with Gasteiger partial charge in [-0.15, -0.1) is 0 Å². The van der Waals surface area contributed by atoms with Crippen molar-refractivity contribution in [3.8, 4) is 0 Å². The molecule has 1 aromatic heterocycles. The van der Waals surface area contributed by atoms with E-state index in [4.69, 9.17) is 0 Å². The second kappa shape index (κ2) is 10.2. The van der Waals surface area contributed by atoms with Gasteiger partial charge in [-0.25, -0.2) is 22.4 Å². The Balaban J connectivity index is 2.02. The lowest BCUT2D eigenvalue weighted by Crippen LogP contribution is -2.23. The van der Waals surface area contributed by atoms with E-state index < -0.39 is 16.5 Å². The van der Waals surface area contributed by atoms with Crippen LogP contribution in [0.2, 0.25) is 0 Å². The van der Waals surface area contributed by atoms with E-state index >= 15 is 0 Å². The average molecular weight is 451 g/mol. The number of nitrogens with one attached hydrogen (secondary N) is 3. The summed E-state index contributed by atoms with van der Waals surface area (Å²) in [5.74, 6) is -0.331. The number of aliphatic imine (C=N–C) groups is 1. The fourth-order valence-electron chi connectivity index (χ4n) is 1.87. The van der Waals surface area contributed by atoms with Crippen molar-refractivity contribution in [1.29, 1.82) is 0 Å². The predicted octanol–water partition coefficient (Wildman–Crippen LogP) is 0.989. The molecule has 13 heteroatoms. The number of amidine groups is 1. The first-order valence-electron chi connectivity index (χ1n) is 7.34. The van der Waals surface area contributed by atoms with E-state index in [0.29, 0.717) is 25.2 Å². The van der Waals surface area contributed by atoms with Crippen molar-refractivity contribution in [2.75, 3.05) is 24.3 Å². The Labute approximate surface area is 157 Å². The van der Waals surface area contributed by atoms with Crippen LogP contribution in [0, 0.1) is 5.82 Å². The molecule has 10 nitrogen and oxygen atoms in total. The van der Waals surface area contributed by atoms with E-state index in [1.807, 2.05) is 5.48 Å². The monoisotopic (exact) mass is 450 g/mol. The van der Waals surface area contributed by atoms with Crippen LogP contribution in [0.1, 0.15) is 12.1 Å². The minimum absolute atomic E-state index is 0.0475. The van der Waals surface area contributed by atoms with Crippen LogP contribution < -0.4 is 16.1 Å². The van der Waals surface area contributed by atoms with E-state index in [0.717, 1.165) is 0 Å². The molecule has 0 aliphatic carbocycles. The van der Waals surface area contributed by atoms with Crippen molar-refractivity contribution in [3.05, 3.63) is 34.2 Å². The lowest BCUT2D eigenvalue weighted by molar-refractivity contribution is 0.234. The van der Waals surface area contributed by atoms with E-state index in [9.17, 15) is 18.0 Å². The SMILES string of the molecule is O=[SH](=O)CNCCCNc1nonc1C(=Nc1ccc(F)c(Br)c1)NO. The van der Waals surface area contributed by atoms with Crippen LogP contribution in [0.25, 0.3) is 0 Å². The number of hydroxylamine groups is 1. The number of benzene rings is 1. The first kappa shape index (κ1) is 20.2. The van der Waals surface area contributed by atoms with E-state index in [2.05, 4.69) is 46.5 Å². The molecule has 0 fully saturated rings. The molecule has 0 unspecified atom stereocenters. The number of hydrogen-bond acceptors (Lipinski definition) is 9. The number of thiol groups is 1. The minimum Gasteiger partial charge on any atom is -0.365 e. The molecule has 26 heavy (non-hydrogen) atoms. The van der Waals surface area contributed by atoms with Crippen LogP contribution in [0.5, 0.6) is 0 Å². The maximum absolute atomic E-state index is 13.3. The van der Waals surface area contributed by atoms with Gasteiger partial charge < -0.3 is 10.6 Å². The van der Waals surface area contributed by atoms with Crippen molar-refractivity contribution < 1.29 is 22.6 Å². The number of nitrogens with zero attached hydrogens (tertiary/aromatic N) is 3. The molecule has 0 bridgehead atoms. The van der Waals surface area contributed by atoms with Crippen LogP contribution >= 0.6 is 15.9 Å². The van der Waals surface area contributed by atoms with Crippen LogP contribution in [0.15, 0.2) is 32.3 Å². The summed E-state index contributed by atoms with van der Waals surface area (Å²) in [5, 5.41) is 22.4. The van der Waals surface area contributed by atoms with Gasteiger partial charge in [-0.05, 0) is 57.4 Å². The summed E-state index contributed by atoms with van der Waals surface area (Å²) < 4.78 is 39.0. The van der Waals surface area contributed by atoms with Crippen molar-refractivity contribution in [2.45, 2.75) is 6.42 Å². The van der Waals surface area contributed by atoms with Gasteiger partial charge in [0.05, 0.1) is 16.0 Å². The zero-order valence-electron chi connectivity index (χ0n) is 13.3. The molecule has 142 valence electrons. The Morgan fingerprint density at radius 1 is 1.35 bits per heavy atom. The summed E-state index contributed by atoms with van der Waals surface area (Å²) in [4.78, 5) is 4.14. The summed E-state index contributed by atoms with van der Waals surface area (Å²) in [6.45, 7) is 0.935. The Kier molecular flexibility index (Phi) is 7.90. The first-order valence-corrected chi connectivity index (χ1v) is 9.50. The molecule has 1 heterocycles. The molecule has 0 radical (unpaired) electrons. The molecule has 0 aliphatic heterocycles. The number of anilines is 1. The average Bonchev–Trinajstić information content (AvgIpc) is 3.07. The van der Waals surface area contributed by atoms with Crippen LogP contribution in [-0.4, -0.2) is 48.7 Å². The quantitative estimate of drug-likeness (QED) is 0.124. The number of hydrogen-bond donors (Lipinski definition) is 5. The van der Waals surface area contributed by atoms with Gasteiger partial charge in [0.15, 0.2) is 22.2 Å². The highest BCUT2D eigenvalue weighted by atomic mass is 79.9.